The van der Waals surface area contributed by atoms with Gasteiger partial charge < -0.3 is 11.2 Å². The SMILES string of the molecule is C=CCC=CCC=CCCCCCN.O. The maximum absolute atomic E-state index is 5.40. The van der Waals surface area contributed by atoms with Crippen LogP contribution in [0.3, 0.4) is 0 Å². The van der Waals surface area contributed by atoms with Crippen molar-refractivity contribution in [1.29, 1.82) is 0 Å². The third-order valence-corrected chi connectivity index (χ3v) is 1.98. The molecule has 0 bridgehead atoms. The van der Waals surface area contributed by atoms with Crippen molar-refractivity contribution in [1.82, 2.24) is 0 Å². The van der Waals surface area contributed by atoms with E-state index in [1.165, 1.54) is 19.3 Å². The minimum atomic E-state index is 0. The minimum Gasteiger partial charge on any atom is -0.412 e. The van der Waals surface area contributed by atoms with Crippen LogP contribution in [0.5, 0.6) is 0 Å². The van der Waals surface area contributed by atoms with Gasteiger partial charge in [0.1, 0.15) is 0 Å². The molecule has 2 heteroatoms. The van der Waals surface area contributed by atoms with Gasteiger partial charge in [-0.05, 0) is 38.6 Å². The van der Waals surface area contributed by atoms with Gasteiger partial charge in [0, 0.05) is 0 Å². The summed E-state index contributed by atoms with van der Waals surface area (Å²) < 4.78 is 0. The van der Waals surface area contributed by atoms with Crippen LogP contribution in [0.2, 0.25) is 0 Å². The molecule has 0 spiro atoms. The molecular formula is C13H25NO. The van der Waals surface area contributed by atoms with Gasteiger partial charge in [0.25, 0.3) is 0 Å². The Morgan fingerprint density at radius 1 is 0.867 bits per heavy atom. The van der Waals surface area contributed by atoms with E-state index in [0.717, 1.165) is 25.8 Å². The van der Waals surface area contributed by atoms with E-state index < -0.39 is 0 Å². The summed E-state index contributed by atoms with van der Waals surface area (Å²) in [6.07, 6.45) is 17.6. The van der Waals surface area contributed by atoms with Crippen LogP contribution < -0.4 is 5.73 Å². The zero-order valence-electron chi connectivity index (χ0n) is 9.62. The van der Waals surface area contributed by atoms with Crippen LogP contribution in [0, 0.1) is 0 Å². The zero-order valence-corrected chi connectivity index (χ0v) is 9.62. The molecule has 0 aliphatic carbocycles. The second-order valence-electron chi connectivity index (χ2n) is 3.34. The van der Waals surface area contributed by atoms with E-state index in [4.69, 9.17) is 5.73 Å². The third-order valence-electron chi connectivity index (χ3n) is 1.98. The lowest BCUT2D eigenvalue weighted by Gasteiger charge is -1.93. The predicted octanol–water partition coefficient (Wildman–Crippen LogP) is 2.76. The lowest BCUT2D eigenvalue weighted by molar-refractivity contribution is 0.695. The summed E-state index contributed by atoms with van der Waals surface area (Å²) in [5, 5.41) is 0. The first-order valence-corrected chi connectivity index (χ1v) is 5.52. The third kappa shape index (κ3) is 15.9. The molecule has 0 saturated heterocycles. The largest absolute Gasteiger partial charge is 0.412 e. The van der Waals surface area contributed by atoms with E-state index in [0.29, 0.717) is 0 Å². The highest BCUT2D eigenvalue weighted by molar-refractivity contribution is 4.95. The van der Waals surface area contributed by atoms with E-state index in [-0.39, 0.29) is 5.48 Å². The van der Waals surface area contributed by atoms with Gasteiger partial charge in [-0.25, -0.2) is 0 Å². The molecule has 0 amide bonds. The molecule has 0 radical (unpaired) electrons. The molecule has 2 nitrogen and oxygen atoms in total. The maximum Gasteiger partial charge on any atom is -0.00773 e. The molecule has 0 fully saturated rings. The second kappa shape index (κ2) is 15.6. The quantitative estimate of drug-likeness (QED) is 0.462. The highest BCUT2D eigenvalue weighted by Crippen LogP contribution is 2.00. The van der Waals surface area contributed by atoms with Gasteiger partial charge in [-0.1, -0.05) is 36.8 Å². The first-order valence-electron chi connectivity index (χ1n) is 5.52. The van der Waals surface area contributed by atoms with Gasteiger partial charge in [-0.15, -0.1) is 6.58 Å². The average Bonchev–Trinajstić information content (AvgIpc) is 2.21. The Bertz CT molecular complexity index is 173. The summed E-state index contributed by atoms with van der Waals surface area (Å²) in [5.41, 5.74) is 5.40. The predicted molar refractivity (Wildman–Crippen MR) is 68.8 cm³/mol. The summed E-state index contributed by atoms with van der Waals surface area (Å²) in [5.74, 6) is 0. The van der Waals surface area contributed by atoms with Gasteiger partial charge >= 0.3 is 0 Å². The molecule has 88 valence electrons. The number of allylic oxidation sites excluding steroid dienone is 5. The molecular weight excluding hydrogens is 186 g/mol. The second-order valence-corrected chi connectivity index (χ2v) is 3.34. The number of unbranched alkanes of at least 4 members (excludes halogenated alkanes) is 3. The lowest BCUT2D eigenvalue weighted by atomic mass is 10.2. The van der Waals surface area contributed by atoms with Crippen LogP contribution in [0.1, 0.15) is 38.5 Å². The highest BCUT2D eigenvalue weighted by Gasteiger charge is 1.83. The summed E-state index contributed by atoms with van der Waals surface area (Å²) >= 11 is 0. The molecule has 0 aliphatic rings. The molecule has 0 aromatic heterocycles. The van der Waals surface area contributed by atoms with Crippen LogP contribution in [0.25, 0.3) is 0 Å². The van der Waals surface area contributed by atoms with Crippen molar-refractivity contribution in [2.75, 3.05) is 6.54 Å². The van der Waals surface area contributed by atoms with Gasteiger partial charge in [0.15, 0.2) is 0 Å². The fourth-order valence-corrected chi connectivity index (χ4v) is 1.16. The summed E-state index contributed by atoms with van der Waals surface area (Å²) in [4.78, 5) is 0. The van der Waals surface area contributed by atoms with E-state index in [2.05, 4.69) is 30.9 Å². The normalized spacial score (nSPS) is 10.7. The van der Waals surface area contributed by atoms with Gasteiger partial charge in [-0.2, -0.15) is 0 Å². The van der Waals surface area contributed by atoms with Crippen molar-refractivity contribution in [3.63, 3.8) is 0 Å². The molecule has 4 N–H and O–H groups in total. The number of nitrogens with two attached hydrogens (primary N) is 1. The topological polar surface area (TPSA) is 57.5 Å². The Morgan fingerprint density at radius 3 is 2.20 bits per heavy atom. The van der Waals surface area contributed by atoms with Crippen LogP contribution in [0.15, 0.2) is 37.0 Å². The van der Waals surface area contributed by atoms with Gasteiger partial charge in [0.05, 0.1) is 0 Å². The van der Waals surface area contributed by atoms with Gasteiger partial charge in [-0.3, -0.25) is 0 Å². The van der Waals surface area contributed by atoms with Gasteiger partial charge in [0.2, 0.25) is 0 Å². The fourth-order valence-electron chi connectivity index (χ4n) is 1.16. The molecule has 0 aliphatic heterocycles. The molecule has 0 unspecified atom stereocenters. The highest BCUT2D eigenvalue weighted by atomic mass is 16.0. The fraction of sp³-hybridized carbons (Fsp3) is 0.538. The molecule has 0 heterocycles. The Morgan fingerprint density at radius 2 is 1.53 bits per heavy atom. The Kier molecular flexibility index (Phi) is 17.2. The molecule has 0 aromatic carbocycles. The minimum absolute atomic E-state index is 0. The smallest absolute Gasteiger partial charge is 0.00773 e. The Balaban J connectivity index is 0. The monoisotopic (exact) mass is 211 g/mol. The van der Waals surface area contributed by atoms with E-state index >= 15 is 0 Å². The molecule has 15 heavy (non-hydrogen) atoms. The first kappa shape index (κ1) is 16.6. The summed E-state index contributed by atoms with van der Waals surface area (Å²) in [7, 11) is 0. The van der Waals surface area contributed by atoms with E-state index in [1.807, 2.05) is 6.08 Å². The Hall–Kier alpha value is -0.860. The first-order chi connectivity index (χ1) is 6.91. The maximum atomic E-state index is 5.40. The standard InChI is InChI=1S/C13H23N.H2O/c1-2-3-4-5-6-7-8-9-10-11-12-13-14;/h2,4-5,7-8H,1,3,6,9-14H2;1H2. The van der Waals surface area contributed by atoms with Crippen LogP contribution in [-0.4, -0.2) is 12.0 Å². The molecule has 0 saturated carbocycles. The van der Waals surface area contributed by atoms with Crippen molar-refractivity contribution in [3.8, 4) is 0 Å². The number of hydrogen-bond donors (Lipinski definition) is 1. The number of hydrogen-bond acceptors (Lipinski definition) is 1. The van der Waals surface area contributed by atoms with Crippen LogP contribution in [0.4, 0.5) is 0 Å². The average molecular weight is 211 g/mol. The molecule has 0 aromatic rings. The summed E-state index contributed by atoms with van der Waals surface area (Å²) in [6, 6.07) is 0. The van der Waals surface area contributed by atoms with Crippen molar-refractivity contribution < 1.29 is 5.48 Å². The van der Waals surface area contributed by atoms with Crippen molar-refractivity contribution in [3.05, 3.63) is 37.0 Å². The Labute approximate surface area is 93.9 Å². The summed E-state index contributed by atoms with van der Waals surface area (Å²) in [6.45, 7) is 4.48. The van der Waals surface area contributed by atoms with Crippen LogP contribution >= 0.6 is 0 Å². The molecule has 0 rings (SSSR count). The zero-order chi connectivity index (χ0) is 10.5. The van der Waals surface area contributed by atoms with E-state index in [1.54, 1.807) is 0 Å². The van der Waals surface area contributed by atoms with E-state index in [9.17, 15) is 0 Å². The van der Waals surface area contributed by atoms with Crippen molar-refractivity contribution in [2.45, 2.75) is 38.5 Å². The number of rotatable bonds is 9. The lowest BCUT2D eigenvalue weighted by Crippen LogP contribution is -1.97. The molecule has 0 atom stereocenters. The van der Waals surface area contributed by atoms with Crippen LogP contribution in [-0.2, 0) is 0 Å². The van der Waals surface area contributed by atoms with Crippen molar-refractivity contribution >= 4 is 0 Å². The van der Waals surface area contributed by atoms with Crippen molar-refractivity contribution in [2.24, 2.45) is 5.73 Å².